The number of rotatable bonds is 10. The maximum Gasteiger partial charge on any atom is 0.305 e. The van der Waals surface area contributed by atoms with Crippen LogP contribution in [0.15, 0.2) is 0 Å². The largest absolute Gasteiger partial charge is 0.463 e. The monoisotopic (exact) mass is 276 g/mol. The van der Waals surface area contributed by atoms with Gasteiger partial charge in [-0.3, -0.25) is 9.59 Å². The van der Waals surface area contributed by atoms with Gasteiger partial charge in [0, 0.05) is 12.8 Å². The summed E-state index contributed by atoms with van der Waals surface area (Å²) < 4.78 is 9.58. The van der Waals surface area contributed by atoms with Gasteiger partial charge in [0.15, 0.2) is 0 Å². The summed E-state index contributed by atoms with van der Waals surface area (Å²) in [5, 5.41) is 17.8. The van der Waals surface area contributed by atoms with E-state index >= 15 is 0 Å². The predicted molar refractivity (Wildman–Crippen MR) is 68.4 cm³/mol. The molecule has 0 bridgehead atoms. The van der Waals surface area contributed by atoms with Crippen molar-refractivity contribution in [3.8, 4) is 0 Å². The van der Waals surface area contributed by atoms with Gasteiger partial charge in [0.1, 0.15) is 13.2 Å². The van der Waals surface area contributed by atoms with Crippen LogP contribution in [0.25, 0.3) is 0 Å². The molecule has 6 nitrogen and oxygen atoms in total. The molecule has 19 heavy (non-hydrogen) atoms. The van der Waals surface area contributed by atoms with Crippen molar-refractivity contribution in [2.45, 2.75) is 58.2 Å². The van der Waals surface area contributed by atoms with Gasteiger partial charge < -0.3 is 19.7 Å². The van der Waals surface area contributed by atoms with Crippen LogP contribution in [-0.4, -0.2) is 47.6 Å². The fraction of sp³-hybridized carbons (Fsp3) is 0.846. The number of aliphatic hydroxyl groups is 2. The molecule has 2 unspecified atom stereocenters. The number of hydrogen-bond acceptors (Lipinski definition) is 6. The molecule has 0 fully saturated rings. The number of hydrogen-bond donors (Lipinski definition) is 2. The van der Waals surface area contributed by atoms with Gasteiger partial charge >= 0.3 is 11.9 Å². The zero-order chi connectivity index (χ0) is 14.7. The van der Waals surface area contributed by atoms with Crippen molar-refractivity contribution in [3.63, 3.8) is 0 Å². The first-order valence-electron chi connectivity index (χ1n) is 6.59. The van der Waals surface area contributed by atoms with Crippen LogP contribution in [0.4, 0.5) is 0 Å². The summed E-state index contributed by atoms with van der Waals surface area (Å²) in [6, 6.07) is 0. The molecule has 0 aliphatic carbocycles. The lowest BCUT2D eigenvalue weighted by Crippen LogP contribution is -2.15. The summed E-state index contributed by atoms with van der Waals surface area (Å²) in [6.07, 6.45) is 1.29. The molecule has 0 aliphatic heterocycles. The average molecular weight is 276 g/mol. The van der Waals surface area contributed by atoms with E-state index in [2.05, 4.69) is 0 Å². The van der Waals surface area contributed by atoms with Crippen LogP contribution < -0.4 is 0 Å². The fourth-order valence-electron chi connectivity index (χ4n) is 1.29. The van der Waals surface area contributed by atoms with E-state index in [4.69, 9.17) is 19.7 Å². The van der Waals surface area contributed by atoms with Crippen molar-refractivity contribution < 1.29 is 29.3 Å². The Kier molecular flexibility index (Phi) is 10.1. The topological polar surface area (TPSA) is 93.1 Å². The third-order valence-corrected chi connectivity index (χ3v) is 2.23. The zero-order valence-corrected chi connectivity index (χ0v) is 11.6. The van der Waals surface area contributed by atoms with Crippen LogP contribution in [0.5, 0.6) is 0 Å². The minimum Gasteiger partial charge on any atom is -0.463 e. The fourth-order valence-corrected chi connectivity index (χ4v) is 1.29. The standard InChI is InChI=1S/C13H24O6/c1-10(14)8-18-12(16)6-4-3-5-7-13(17)19-9-11(2)15/h10-11,14-15H,3-9H2,1-2H3. The molecule has 112 valence electrons. The zero-order valence-electron chi connectivity index (χ0n) is 11.6. The lowest BCUT2D eigenvalue weighted by atomic mass is 10.1. The maximum atomic E-state index is 11.2. The van der Waals surface area contributed by atoms with Crippen molar-refractivity contribution >= 4 is 11.9 Å². The molecule has 0 amide bonds. The van der Waals surface area contributed by atoms with Gasteiger partial charge in [0.2, 0.25) is 0 Å². The molecular weight excluding hydrogens is 252 g/mol. The highest BCUT2D eigenvalue weighted by Gasteiger charge is 2.07. The van der Waals surface area contributed by atoms with Gasteiger partial charge in [-0.05, 0) is 26.7 Å². The van der Waals surface area contributed by atoms with Crippen molar-refractivity contribution in [3.05, 3.63) is 0 Å². The number of ether oxygens (including phenoxy) is 2. The SMILES string of the molecule is CC(O)COC(=O)CCCCCC(=O)OCC(C)O. The molecule has 2 atom stereocenters. The molecule has 0 aromatic heterocycles. The summed E-state index contributed by atoms with van der Waals surface area (Å²) in [4.78, 5) is 22.3. The van der Waals surface area contributed by atoms with E-state index in [0.717, 1.165) is 6.42 Å². The number of carbonyl (C=O) groups is 2. The average Bonchev–Trinajstić information content (AvgIpc) is 2.33. The second-order valence-electron chi connectivity index (χ2n) is 4.62. The molecule has 0 saturated carbocycles. The van der Waals surface area contributed by atoms with E-state index in [0.29, 0.717) is 12.8 Å². The van der Waals surface area contributed by atoms with E-state index < -0.39 is 12.2 Å². The molecule has 0 aromatic carbocycles. The molecule has 2 N–H and O–H groups in total. The molecule has 0 radical (unpaired) electrons. The first-order valence-corrected chi connectivity index (χ1v) is 6.59. The number of carbonyl (C=O) groups excluding carboxylic acids is 2. The molecule has 6 heteroatoms. The van der Waals surface area contributed by atoms with Crippen LogP contribution in [0.1, 0.15) is 46.0 Å². The molecular formula is C13H24O6. The van der Waals surface area contributed by atoms with E-state index in [1.165, 1.54) is 0 Å². The summed E-state index contributed by atoms with van der Waals surface area (Å²) >= 11 is 0. The third-order valence-electron chi connectivity index (χ3n) is 2.23. The van der Waals surface area contributed by atoms with E-state index in [1.807, 2.05) is 0 Å². The number of esters is 2. The highest BCUT2D eigenvalue weighted by Crippen LogP contribution is 2.05. The quantitative estimate of drug-likeness (QED) is 0.452. The lowest BCUT2D eigenvalue weighted by Gasteiger charge is -2.07. The Hall–Kier alpha value is -1.14. The van der Waals surface area contributed by atoms with Gasteiger partial charge in [-0.25, -0.2) is 0 Å². The van der Waals surface area contributed by atoms with Crippen LogP contribution in [0.3, 0.4) is 0 Å². The highest BCUT2D eigenvalue weighted by molar-refractivity contribution is 5.69. The summed E-state index contributed by atoms with van der Waals surface area (Å²) in [5.74, 6) is -0.671. The molecule has 0 aliphatic rings. The summed E-state index contributed by atoms with van der Waals surface area (Å²) in [5.41, 5.74) is 0. The normalized spacial score (nSPS) is 13.7. The van der Waals surface area contributed by atoms with Gasteiger partial charge in [0.05, 0.1) is 12.2 Å². The van der Waals surface area contributed by atoms with E-state index in [-0.39, 0.29) is 38.0 Å². The predicted octanol–water partition coefficient (Wildman–Crippen LogP) is 0.785. The van der Waals surface area contributed by atoms with Gasteiger partial charge in [-0.15, -0.1) is 0 Å². The van der Waals surface area contributed by atoms with Gasteiger partial charge in [-0.1, -0.05) is 6.42 Å². The van der Waals surface area contributed by atoms with Crippen molar-refractivity contribution in [2.75, 3.05) is 13.2 Å². The smallest absolute Gasteiger partial charge is 0.305 e. The van der Waals surface area contributed by atoms with Gasteiger partial charge in [-0.2, -0.15) is 0 Å². The summed E-state index contributed by atoms with van der Waals surface area (Å²) in [6.45, 7) is 3.13. The third kappa shape index (κ3) is 13.1. The van der Waals surface area contributed by atoms with E-state index in [1.54, 1.807) is 13.8 Å². The Balaban J connectivity index is 3.39. The Labute approximate surface area is 113 Å². The highest BCUT2D eigenvalue weighted by atomic mass is 16.5. The Bertz CT molecular complexity index is 236. The van der Waals surface area contributed by atoms with Crippen LogP contribution in [0, 0.1) is 0 Å². The maximum absolute atomic E-state index is 11.2. The summed E-state index contributed by atoms with van der Waals surface area (Å²) in [7, 11) is 0. The lowest BCUT2D eigenvalue weighted by molar-refractivity contribution is -0.146. The first-order chi connectivity index (χ1) is 8.91. The van der Waals surface area contributed by atoms with E-state index in [9.17, 15) is 9.59 Å². The Morgan fingerprint density at radius 1 is 0.842 bits per heavy atom. The molecule has 0 aromatic rings. The Morgan fingerprint density at radius 3 is 1.53 bits per heavy atom. The second-order valence-corrected chi connectivity index (χ2v) is 4.62. The van der Waals surface area contributed by atoms with Crippen LogP contribution >= 0.6 is 0 Å². The van der Waals surface area contributed by atoms with Crippen molar-refractivity contribution in [1.29, 1.82) is 0 Å². The minimum absolute atomic E-state index is 0.0184. The number of aliphatic hydroxyl groups excluding tert-OH is 2. The molecule has 0 rings (SSSR count). The Morgan fingerprint density at radius 2 is 1.21 bits per heavy atom. The number of unbranched alkanes of at least 4 members (excludes halogenated alkanes) is 2. The first kappa shape index (κ1) is 17.9. The van der Waals surface area contributed by atoms with Crippen LogP contribution in [0.2, 0.25) is 0 Å². The van der Waals surface area contributed by atoms with Crippen molar-refractivity contribution in [2.24, 2.45) is 0 Å². The molecule has 0 heterocycles. The minimum atomic E-state index is -0.646. The molecule has 0 spiro atoms. The van der Waals surface area contributed by atoms with Gasteiger partial charge in [0.25, 0.3) is 0 Å². The molecule has 0 saturated heterocycles. The van der Waals surface area contributed by atoms with Crippen LogP contribution in [-0.2, 0) is 19.1 Å². The second kappa shape index (κ2) is 10.8. The van der Waals surface area contributed by atoms with Crippen molar-refractivity contribution in [1.82, 2.24) is 0 Å².